The molecule has 0 unspecified atom stereocenters. The Morgan fingerprint density at radius 3 is 2.44 bits per heavy atom. The van der Waals surface area contributed by atoms with E-state index in [1.807, 2.05) is 70.7 Å². The molecule has 0 aliphatic carbocycles. The third-order valence-electron chi connectivity index (χ3n) is 5.83. The van der Waals surface area contributed by atoms with Gasteiger partial charge in [-0.2, -0.15) is 0 Å². The van der Waals surface area contributed by atoms with E-state index in [0.29, 0.717) is 5.84 Å². The van der Waals surface area contributed by atoms with Gasteiger partial charge in [-0.3, -0.25) is 9.69 Å². The molecule has 0 fully saturated rings. The van der Waals surface area contributed by atoms with Crippen molar-refractivity contribution in [2.45, 2.75) is 20.0 Å². The topological polar surface area (TPSA) is 60.9 Å². The summed E-state index contributed by atoms with van der Waals surface area (Å²) >= 11 is 0. The number of carbonyl (C=O) groups is 1. The maximum atomic E-state index is 12.8. The summed E-state index contributed by atoms with van der Waals surface area (Å²) in [6, 6.07) is 24.0. The Hall–Kier alpha value is -4.06. The third kappa shape index (κ3) is 3.21. The molecule has 0 bridgehead atoms. The maximum Gasteiger partial charge on any atom is 0.198 e. The van der Waals surface area contributed by atoms with E-state index in [4.69, 9.17) is 9.84 Å². The van der Waals surface area contributed by atoms with Crippen molar-refractivity contribution in [3.63, 3.8) is 0 Å². The number of fused-ring (bicyclic) bond motifs is 1. The van der Waals surface area contributed by atoms with E-state index in [9.17, 15) is 4.79 Å². The van der Waals surface area contributed by atoms with Gasteiger partial charge in [-0.05, 0) is 48.9 Å². The highest BCUT2D eigenvalue weighted by Gasteiger charge is 2.40. The van der Waals surface area contributed by atoms with Crippen molar-refractivity contribution in [1.82, 2.24) is 4.98 Å². The minimum atomic E-state index is -0.334. The first kappa shape index (κ1) is 19.9. The van der Waals surface area contributed by atoms with Crippen molar-refractivity contribution >= 4 is 33.9 Å². The average molecular weight is 425 g/mol. The molecule has 3 aromatic carbocycles. The van der Waals surface area contributed by atoms with Crippen molar-refractivity contribution in [2.75, 3.05) is 17.0 Å². The van der Waals surface area contributed by atoms with Crippen LogP contribution in [-0.2, 0) is 4.79 Å². The molecule has 1 aliphatic rings. The summed E-state index contributed by atoms with van der Waals surface area (Å²) < 4.78 is 5.33. The van der Waals surface area contributed by atoms with E-state index in [0.717, 1.165) is 39.2 Å². The first-order chi connectivity index (χ1) is 15.6. The number of nitrogens with zero attached hydrogens (tertiary/aromatic N) is 3. The van der Waals surface area contributed by atoms with E-state index in [1.165, 1.54) is 0 Å². The van der Waals surface area contributed by atoms with Gasteiger partial charge in [-0.1, -0.05) is 36.4 Å². The van der Waals surface area contributed by atoms with Crippen LogP contribution in [0.1, 0.15) is 24.2 Å². The number of aromatic nitrogens is 1. The van der Waals surface area contributed by atoms with Crippen LogP contribution in [0.15, 0.2) is 84.1 Å². The molecule has 4 aromatic rings. The van der Waals surface area contributed by atoms with Crippen molar-refractivity contribution in [1.29, 1.82) is 0 Å². The summed E-state index contributed by atoms with van der Waals surface area (Å²) in [6.45, 7) is 3.61. The monoisotopic (exact) mass is 424 g/mol. The number of hydrogen-bond acceptors (Lipinski definition) is 5. The number of ether oxygens (including phenoxy) is 1. The number of aryl methyl sites for hydroxylation is 1. The highest BCUT2D eigenvalue weighted by Crippen LogP contribution is 2.42. The van der Waals surface area contributed by atoms with Gasteiger partial charge >= 0.3 is 0 Å². The van der Waals surface area contributed by atoms with Crippen molar-refractivity contribution in [3.8, 4) is 5.75 Å². The molecule has 2 heterocycles. The molecule has 0 saturated heterocycles. The minimum Gasteiger partial charge on any atom is -0.497 e. The van der Waals surface area contributed by atoms with Crippen LogP contribution in [0.4, 0.5) is 11.4 Å². The van der Waals surface area contributed by atoms with E-state index < -0.39 is 0 Å². The Kier molecular flexibility index (Phi) is 4.90. The largest absolute Gasteiger partial charge is 0.497 e. The number of ketones is 1. The number of benzene rings is 3. The van der Waals surface area contributed by atoms with Gasteiger partial charge in [0, 0.05) is 35.3 Å². The number of anilines is 2. The molecule has 0 amide bonds. The van der Waals surface area contributed by atoms with Gasteiger partial charge in [0.15, 0.2) is 17.8 Å². The van der Waals surface area contributed by atoms with E-state index in [1.54, 1.807) is 14.0 Å². The molecule has 0 saturated carbocycles. The number of amidine groups is 1. The second-order valence-corrected chi connectivity index (χ2v) is 7.84. The van der Waals surface area contributed by atoms with Gasteiger partial charge in [-0.15, -0.1) is 5.10 Å². The van der Waals surface area contributed by atoms with Crippen molar-refractivity contribution < 1.29 is 9.53 Å². The molecule has 6 heteroatoms. The third-order valence-corrected chi connectivity index (χ3v) is 5.83. The second-order valence-electron chi connectivity index (χ2n) is 7.84. The highest BCUT2D eigenvalue weighted by molar-refractivity contribution is 6.44. The predicted octanol–water partition coefficient (Wildman–Crippen LogP) is 5.41. The molecule has 0 radical (unpaired) electrons. The number of aromatic amines is 1. The fourth-order valence-corrected chi connectivity index (χ4v) is 4.26. The normalized spacial score (nSPS) is 15.8. The first-order valence-corrected chi connectivity index (χ1v) is 10.5. The molecule has 6 nitrogen and oxygen atoms in total. The smallest absolute Gasteiger partial charge is 0.198 e. The number of carbonyl (C=O) groups excluding carboxylic acids is 1. The van der Waals surface area contributed by atoms with Crippen LogP contribution in [0, 0.1) is 6.92 Å². The number of H-pyrrole nitrogens is 1. The number of hydrazone groups is 1. The predicted molar refractivity (Wildman–Crippen MR) is 128 cm³/mol. The van der Waals surface area contributed by atoms with Crippen LogP contribution in [-0.4, -0.2) is 23.7 Å². The molecule has 1 aromatic heterocycles. The number of nitrogens with one attached hydrogen (secondary N) is 1. The van der Waals surface area contributed by atoms with Gasteiger partial charge in [0.2, 0.25) is 0 Å². The Morgan fingerprint density at radius 2 is 1.72 bits per heavy atom. The molecule has 160 valence electrons. The zero-order valence-corrected chi connectivity index (χ0v) is 18.2. The fraction of sp³-hybridized carbons (Fsp3) is 0.154. The summed E-state index contributed by atoms with van der Waals surface area (Å²) in [4.78, 5) is 18.2. The van der Waals surface area contributed by atoms with Gasteiger partial charge in [0.25, 0.3) is 0 Å². The Labute approximate surface area is 186 Å². The Bertz CT molecular complexity index is 1320. The van der Waals surface area contributed by atoms with Crippen molar-refractivity contribution in [3.05, 3.63) is 90.1 Å². The lowest BCUT2D eigenvalue weighted by atomic mass is 10.1. The Morgan fingerprint density at radius 1 is 1.00 bits per heavy atom. The van der Waals surface area contributed by atoms with Crippen LogP contribution < -0.4 is 14.6 Å². The molecule has 1 N–H and O–H groups in total. The molecular formula is C26H24N4O2. The molecule has 32 heavy (non-hydrogen) atoms. The van der Waals surface area contributed by atoms with E-state index in [2.05, 4.69) is 30.1 Å². The molecule has 1 atom stereocenters. The second kappa shape index (κ2) is 7.89. The average Bonchev–Trinajstić information content (AvgIpc) is 3.41. The number of Topliss-reactive ketones (excluding diaryl/α,β-unsaturated/α-hetero) is 1. The quantitative estimate of drug-likeness (QED) is 0.465. The fourth-order valence-electron chi connectivity index (χ4n) is 4.26. The van der Waals surface area contributed by atoms with Crippen LogP contribution in [0.5, 0.6) is 5.75 Å². The van der Waals surface area contributed by atoms with Crippen LogP contribution in [0.25, 0.3) is 10.9 Å². The summed E-state index contributed by atoms with van der Waals surface area (Å²) in [5, 5.41) is 7.84. The Balaban J connectivity index is 1.74. The summed E-state index contributed by atoms with van der Waals surface area (Å²) in [6.07, 6.45) is 1.68. The first-order valence-electron chi connectivity index (χ1n) is 10.5. The van der Waals surface area contributed by atoms with Gasteiger partial charge in [0.05, 0.1) is 12.8 Å². The number of methoxy groups -OCH3 is 1. The zero-order valence-electron chi connectivity index (χ0n) is 18.2. The van der Waals surface area contributed by atoms with E-state index >= 15 is 0 Å². The van der Waals surface area contributed by atoms with Gasteiger partial charge in [-0.25, -0.2) is 5.01 Å². The number of rotatable bonds is 5. The summed E-state index contributed by atoms with van der Waals surface area (Å²) in [5.74, 6) is 1.09. The van der Waals surface area contributed by atoms with Crippen LogP contribution in [0.3, 0.4) is 0 Å². The summed E-state index contributed by atoms with van der Waals surface area (Å²) in [7, 11) is 1.64. The lowest BCUT2D eigenvalue weighted by Crippen LogP contribution is -2.38. The standard InChI is InChI=1S/C26H24N4O2/c1-17-8-4-7-11-24(17)29-25(18(2)31)28-30(19-12-14-20(32-3)15-13-19)26(29)22-16-27-23-10-6-5-9-21(22)23/h4-16,26-27H,1-3H3/t26-/m0/s1. The maximum absolute atomic E-state index is 12.8. The molecule has 5 rings (SSSR count). The molecule has 0 spiro atoms. The minimum absolute atomic E-state index is 0.0888. The zero-order chi connectivity index (χ0) is 22.2. The highest BCUT2D eigenvalue weighted by atomic mass is 16.5. The van der Waals surface area contributed by atoms with Crippen molar-refractivity contribution in [2.24, 2.45) is 5.10 Å². The lowest BCUT2D eigenvalue weighted by Gasteiger charge is -2.32. The number of para-hydroxylation sites is 2. The molecular weight excluding hydrogens is 400 g/mol. The summed E-state index contributed by atoms with van der Waals surface area (Å²) in [5.41, 5.74) is 4.98. The lowest BCUT2D eigenvalue weighted by molar-refractivity contribution is -0.111. The number of hydrogen-bond donors (Lipinski definition) is 1. The van der Waals surface area contributed by atoms with Crippen LogP contribution >= 0.6 is 0 Å². The SMILES string of the molecule is COc1ccc(N2N=C(C(C)=O)N(c3ccccc3C)[C@@H]2c2c[nH]c3ccccc23)cc1. The molecule has 1 aliphatic heterocycles. The van der Waals surface area contributed by atoms with Gasteiger partial charge < -0.3 is 9.72 Å². The van der Waals surface area contributed by atoms with Gasteiger partial charge in [0.1, 0.15) is 5.75 Å². The van der Waals surface area contributed by atoms with E-state index in [-0.39, 0.29) is 11.9 Å². The van der Waals surface area contributed by atoms with Crippen LogP contribution in [0.2, 0.25) is 0 Å².